The summed E-state index contributed by atoms with van der Waals surface area (Å²) < 4.78 is 0. The van der Waals surface area contributed by atoms with Gasteiger partial charge in [-0.3, -0.25) is 0 Å². The molecule has 0 saturated heterocycles. The summed E-state index contributed by atoms with van der Waals surface area (Å²) in [5, 5.41) is 10.3. The van der Waals surface area contributed by atoms with Crippen LogP contribution in [0.15, 0.2) is 18.2 Å². The number of aromatic carboxylic acids is 1. The van der Waals surface area contributed by atoms with Crippen LogP contribution in [-0.2, 0) is 5.41 Å². The Bertz CT molecular complexity index is 666. The lowest BCUT2D eigenvalue weighted by molar-refractivity contribution is 0.0692. The summed E-state index contributed by atoms with van der Waals surface area (Å²) in [5.74, 6) is -0.965. The third kappa shape index (κ3) is 2.61. The van der Waals surface area contributed by atoms with E-state index in [4.69, 9.17) is 0 Å². The minimum absolute atomic E-state index is 0.148. The first kappa shape index (κ1) is 14.7. The molecule has 0 bridgehead atoms. The van der Waals surface area contributed by atoms with Crippen molar-refractivity contribution in [1.82, 2.24) is 4.98 Å². The molecule has 2 rings (SSSR count). The molecule has 0 radical (unpaired) electrons. The van der Waals surface area contributed by atoms with E-state index in [9.17, 15) is 9.90 Å². The Morgan fingerprint density at radius 1 is 1.25 bits per heavy atom. The number of thiazole rings is 1. The van der Waals surface area contributed by atoms with Crippen LogP contribution in [0.2, 0.25) is 0 Å². The Balaban J connectivity index is 2.70. The number of hydrogen-bond acceptors (Lipinski definition) is 3. The molecule has 0 unspecified atom stereocenters. The number of carboxylic acid groups (broad SMARTS) is 1. The standard InChI is InChI=1S/C16H19NO2S/c1-9-7-6-8-11(10(9)2)13-12(14(18)19)17-15(20-13)16(3,4)5/h6-8H,1-5H3,(H,18,19). The van der Waals surface area contributed by atoms with Gasteiger partial charge in [0.15, 0.2) is 5.69 Å². The van der Waals surface area contributed by atoms with Crippen molar-refractivity contribution in [3.63, 3.8) is 0 Å². The molecule has 4 heteroatoms. The Morgan fingerprint density at radius 2 is 1.90 bits per heavy atom. The van der Waals surface area contributed by atoms with Crippen LogP contribution in [-0.4, -0.2) is 16.1 Å². The van der Waals surface area contributed by atoms with Crippen molar-refractivity contribution < 1.29 is 9.90 Å². The van der Waals surface area contributed by atoms with Crippen molar-refractivity contribution in [2.45, 2.75) is 40.0 Å². The van der Waals surface area contributed by atoms with Crippen molar-refractivity contribution in [3.05, 3.63) is 40.0 Å². The number of hydrogen-bond donors (Lipinski definition) is 1. The van der Waals surface area contributed by atoms with Crippen LogP contribution in [0.3, 0.4) is 0 Å². The molecule has 1 aromatic carbocycles. The zero-order chi connectivity index (χ0) is 15.1. The molecule has 0 amide bonds. The average molecular weight is 289 g/mol. The minimum atomic E-state index is -0.965. The highest BCUT2D eigenvalue weighted by Gasteiger charge is 2.26. The topological polar surface area (TPSA) is 50.2 Å². The van der Waals surface area contributed by atoms with Gasteiger partial charge in [0.1, 0.15) is 0 Å². The van der Waals surface area contributed by atoms with Crippen LogP contribution in [0.5, 0.6) is 0 Å². The first-order valence-corrected chi connectivity index (χ1v) is 7.34. The SMILES string of the molecule is Cc1cccc(-c2sc(C(C)(C)C)nc2C(=O)O)c1C. The molecule has 0 aliphatic heterocycles. The van der Waals surface area contributed by atoms with E-state index in [2.05, 4.69) is 4.98 Å². The van der Waals surface area contributed by atoms with Crippen LogP contribution >= 0.6 is 11.3 Å². The summed E-state index contributed by atoms with van der Waals surface area (Å²) in [6.45, 7) is 10.2. The Kier molecular flexibility index (Phi) is 3.69. The van der Waals surface area contributed by atoms with Crippen molar-refractivity contribution >= 4 is 17.3 Å². The van der Waals surface area contributed by atoms with E-state index in [1.165, 1.54) is 11.3 Å². The summed E-state index contributed by atoms with van der Waals surface area (Å²) in [6.07, 6.45) is 0. The first-order chi connectivity index (χ1) is 9.21. The number of aryl methyl sites for hydroxylation is 1. The Labute approximate surface area is 123 Å². The number of nitrogens with zero attached hydrogens (tertiary/aromatic N) is 1. The van der Waals surface area contributed by atoms with Gasteiger partial charge in [-0.1, -0.05) is 39.0 Å². The third-order valence-electron chi connectivity index (χ3n) is 3.32. The van der Waals surface area contributed by atoms with E-state index >= 15 is 0 Å². The summed E-state index contributed by atoms with van der Waals surface area (Å²) in [4.78, 5) is 16.6. The van der Waals surface area contributed by atoms with E-state index in [1.54, 1.807) is 0 Å². The van der Waals surface area contributed by atoms with Gasteiger partial charge in [-0.05, 0) is 30.5 Å². The van der Waals surface area contributed by atoms with Gasteiger partial charge >= 0.3 is 5.97 Å². The molecule has 0 atom stereocenters. The highest BCUT2D eigenvalue weighted by atomic mass is 32.1. The van der Waals surface area contributed by atoms with Gasteiger partial charge in [-0.2, -0.15) is 0 Å². The van der Waals surface area contributed by atoms with Crippen molar-refractivity contribution in [1.29, 1.82) is 0 Å². The molecule has 3 nitrogen and oxygen atoms in total. The maximum atomic E-state index is 11.5. The lowest BCUT2D eigenvalue weighted by Crippen LogP contribution is -2.11. The predicted molar refractivity (Wildman–Crippen MR) is 82.7 cm³/mol. The molecule has 0 aliphatic rings. The monoisotopic (exact) mass is 289 g/mol. The van der Waals surface area contributed by atoms with Crippen LogP contribution in [0, 0.1) is 13.8 Å². The van der Waals surface area contributed by atoms with Gasteiger partial charge in [0.2, 0.25) is 0 Å². The molecule has 0 aliphatic carbocycles. The lowest BCUT2D eigenvalue weighted by Gasteiger charge is -2.13. The largest absolute Gasteiger partial charge is 0.476 e. The molecule has 0 saturated carbocycles. The number of rotatable bonds is 2. The highest BCUT2D eigenvalue weighted by molar-refractivity contribution is 7.15. The second kappa shape index (κ2) is 5.02. The Hall–Kier alpha value is -1.68. The highest BCUT2D eigenvalue weighted by Crippen LogP contribution is 2.37. The molecule has 1 N–H and O–H groups in total. The van der Waals surface area contributed by atoms with Gasteiger partial charge in [-0.15, -0.1) is 11.3 Å². The lowest BCUT2D eigenvalue weighted by atomic mass is 9.98. The third-order valence-corrected chi connectivity index (χ3v) is 4.83. The van der Waals surface area contributed by atoms with E-state index in [-0.39, 0.29) is 11.1 Å². The summed E-state index contributed by atoms with van der Waals surface area (Å²) in [5.41, 5.74) is 3.25. The van der Waals surface area contributed by atoms with Crippen LogP contribution < -0.4 is 0 Å². The van der Waals surface area contributed by atoms with Gasteiger partial charge in [0, 0.05) is 5.41 Å². The predicted octanol–water partition coefficient (Wildman–Crippen LogP) is 4.42. The summed E-state index contributed by atoms with van der Waals surface area (Å²) in [7, 11) is 0. The van der Waals surface area contributed by atoms with Gasteiger partial charge < -0.3 is 5.11 Å². The quantitative estimate of drug-likeness (QED) is 0.890. The van der Waals surface area contributed by atoms with E-state index < -0.39 is 5.97 Å². The van der Waals surface area contributed by atoms with Crippen molar-refractivity contribution in [2.24, 2.45) is 0 Å². The molecule has 0 fully saturated rings. The molecular weight excluding hydrogens is 270 g/mol. The first-order valence-electron chi connectivity index (χ1n) is 6.53. The van der Waals surface area contributed by atoms with Gasteiger partial charge in [0.25, 0.3) is 0 Å². The summed E-state index contributed by atoms with van der Waals surface area (Å²) >= 11 is 1.48. The fourth-order valence-corrected chi connectivity index (χ4v) is 3.16. The van der Waals surface area contributed by atoms with Crippen molar-refractivity contribution in [2.75, 3.05) is 0 Å². The summed E-state index contributed by atoms with van der Waals surface area (Å²) in [6, 6.07) is 5.96. The van der Waals surface area contributed by atoms with Gasteiger partial charge in [-0.25, -0.2) is 9.78 Å². The van der Waals surface area contributed by atoms with E-state index in [0.29, 0.717) is 0 Å². The molecule has 2 aromatic rings. The van der Waals surface area contributed by atoms with Crippen LogP contribution in [0.25, 0.3) is 10.4 Å². The van der Waals surface area contributed by atoms with Gasteiger partial charge in [0.05, 0.1) is 9.88 Å². The zero-order valence-corrected chi connectivity index (χ0v) is 13.3. The zero-order valence-electron chi connectivity index (χ0n) is 12.4. The van der Waals surface area contributed by atoms with Crippen LogP contribution in [0.4, 0.5) is 0 Å². The number of aromatic nitrogens is 1. The maximum absolute atomic E-state index is 11.5. The Morgan fingerprint density at radius 3 is 2.45 bits per heavy atom. The van der Waals surface area contributed by atoms with Crippen molar-refractivity contribution in [3.8, 4) is 10.4 Å². The van der Waals surface area contributed by atoms with E-state index in [1.807, 2.05) is 52.8 Å². The smallest absolute Gasteiger partial charge is 0.356 e. The number of carboxylic acids is 1. The second-order valence-corrected chi connectivity index (χ2v) is 7.00. The molecule has 106 valence electrons. The molecule has 0 spiro atoms. The number of benzene rings is 1. The second-order valence-electron chi connectivity index (χ2n) is 6.00. The fraction of sp³-hybridized carbons (Fsp3) is 0.375. The van der Waals surface area contributed by atoms with E-state index in [0.717, 1.165) is 26.6 Å². The molecule has 1 aromatic heterocycles. The molecule has 1 heterocycles. The average Bonchev–Trinajstić information content (AvgIpc) is 2.77. The van der Waals surface area contributed by atoms with Crippen LogP contribution in [0.1, 0.15) is 47.4 Å². The normalized spacial score (nSPS) is 11.7. The maximum Gasteiger partial charge on any atom is 0.356 e. The minimum Gasteiger partial charge on any atom is -0.476 e. The number of carbonyl (C=O) groups is 1. The molecular formula is C16H19NO2S. The fourth-order valence-electron chi connectivity index (χ4n) is 1.97. The molecule has 20 heavy (non-hydrogen) atoms.